The quantitative estimate of drug-likeness (QED) is 0.760. The van der Waals surface area contributed by atoms with Gasteiger partial charge in [0, 0.05) is 26.9 Å². The molecule has 0 radical (unpaired) electrons. The van der Waals surface area contributed by atoms with Crippen molar-refractivity contribution in [3.8, 4) is 0 Å². The van der Waals surface area contributed by atoms with Gasteiger partial charge in [0.1, 0.15) is 6.79 Å². The van der Waals surface area contributed by atoms with Crippen LogP contribution in [0.25, 0.3) is 0 Å². The number of aromatic nitrogens is 2. The minimum atomic E-state index is 0. The highest BCUT2D eigenvalue weighted by Gasteiger charge is 2.45. The van der Waals surface area contributed by atoms with Gasteiger partial charge in [-0.1, -0.05) is 6.92 Å². The summed E-state index contributed by atoms with van der Waals surface area (Å²) in [5.41, 5.74) is 1.22. The summed E-state index contributed by atoms with van der Waals surface area (Å²) in [4.78, 5) is 19.1. The molecule has 2 aliphatic rings. The van der Waals surface area contributed by atoms with Gasteiger partial charge in [-0.05, 0) is 30.2 Å². The summed E-state index contributed by atoms with van der Waals surface area (Å²) in [6.45, 7) is 6.48. The lowest BCUT2D eigenvalue weighted by Crippen LogP contribution is -2.23. The van der Waals surface area contributed by atoms with Gasteiger partial charge in [-0.2, -0.15) is 0 Å². The van der Waals surface area contributed by atoms with E-state index in [-0.39, 0.29) is 1.43 Å². The zero-order valence-corrected chi connectivity index (χ0v) is 9.59. The SMILES string of the molecule is C=O.CCc1cnc(N2CC3C[C@H]3C2)nc1.[HH]. The van der Waals surface area contributed by atoms with E-state index in [4.69, 9.17) is 4.79 Å². The van der Waals surface area contributed by atoms with Crippen LogP contribution in [0.5, 0.6) is 0 Å². The molecule has 2 atom stereocenters. The average Bonchev–Trinajstić information content (AvgIpc) is 2.99. The van der Waals surface area contributed by atoms with Crippen LogP contribution in [0.4, 0.5) is 5.95 Å². The molecule has 3 rings (SSSR count). The predicted octanol–water partition coefficient (Wildman–Crippen LogP) is 1.56. The standard InChI is InChI=1S/C11H15N3.CH2O.H2/c1-2-8-4-12-11(13-5-8)14-6-9-3-10(9)7-14;1-2;/h4-5,9-10H,2-3,6-7H2,1H3;1H2;1H/t9-,10?;;/m0../s1. The smallest absolute Gasteiger partial charge is 0.225 e. The van der Waals surface area contributed by atoms with Gasteiger partial charge < -0.3 is 9.69 Å². The van der Waals surface area contributed by atoms with Crippen molar-refractivity contribution in [1.29, 1.82) is 0 Å². The van der Waals surface area contributed by atoms with Gasteiger partial charge in [0.15, 0.2) is 0 Å². The Morgan fingerprint density at radius 2 is 1.94 bits per heavy atom. The molecule has 1 aromatic rings. The number of fused-ring (bicyclic) bond motifs is 1. The van der Waals surface area contributed by atoms with Crippen LogP contribution >= 0.6 is 0 Å². The first-order valence-corrected chi connectivity index (χ1v) is 5.71. The fourth-order valence-electron chi connectivity index (χ4n) is 2.26. The van der Waals surface area contributed by atoms with E-state index in [2.05, 4.69) is 21.8 Å². The second-order valence-electron chi connectivity index (χ2n) is 4.41. The largest absolute Gasteiger partial charge is 0.340 e. The third-order valence-electron chi connectivity index (χ3n) is 3.36. The molecule has 1 saturated carbocycles. The maximum atomic E-state index is 8.00. The first-order valence-electron chi connectivity index (χ1n) is 5.71. The number of carbonyl (C=O) groups excluding carboxylic acids is 1. The van der Waals surface area contributed by atoms with Gasteiger partial charge in [0.25, 0.3) is 0 Å². The zero-order valence-electron chi connectivity index (χ0n) is 9.59. The molecule has 16 heavy (non-hydrogen) atoms. The number of hydrogen-bond acceptors (Lipinski definition) is 4. The summed E-state index contributed by atoms with van der Waals surface area (Å²) in [6.07, 6.45) is 6.35. The lowest BCUT2D eigenvalue weighted by atomic mass is 10.3. The van der Waals surface area contributed by atoms with E-state index in [1.807, 2.05) is 19.2 Å². The average molecular weight is 221 g/mol. The normalized spacial score (nSPS) is 25.7. The lowest BCUT2D eigenvalue weighted by molar-refractivity contribution is -0.0979. The minimum absolute atomic E-state index is 0. The van der Waals surface area contributed by atoms with Crippen LogP contribution in [0.15, 0.2) is 12.4 Å². The summed E-state index contributed by atoms with van der Waals surface area (Å²) < 4.78 is 0. The van der Waals surface area contributed by atoms with Crippen molar-refractivity contribution in [3.05, 3.63) is 18.0 Å². The van der Waals surface area contributed by atoms with E-state index in [1.165, 1.54) is 25.1 Å². The molecular weight excluding hydrogens is 202 g/mol. The molecular formula is C12H19N3O. The molecule has 0 N–H and O–H groups in total. The number of anilines is 1. The number of nitrogens with zero attached hydrogens (tertiary/aromatic N) is 3. The van der Waals surface area contributed by atoms with Gasteiger partial charge in [-0.25, -0.2) is 9.97 Å². The maximum Gasteiger partial charge on any atom is 0.225 e. The van der Waals surface area contributed by atoms with E-state index in [0.717, 1.165) is 24.2 Å². The second kappa shape index (κ2) is 4.60. The van der Waals surface area contributed by atoms with E-state index < -0.39 is 0 Å². The molecule has 1 saturated heterocycles. The topological polar surface area (TPSA) is 46.1 Å². The molecule has 0 bridgehead atoms. The van der Waals surface area contributed by atoms with Crippen molar-refractivity contribution in [2.45, 2.75) is 19.8 Å². The minimum Gasteiger partial charge on any atom is -0.340 e. The van der Waals surface area contributed by atoms with E-state index in [0.29, 0.717) is 0 Å². The summed E-state index contributed by atoms with van der Waals surface area (Å²) in [7, 11) is 0. The molecule has 0 amide bonds. The van der Waals surface area contributed by atoms with Crippen molar-refractivity contribution < 1.29 is 6.22 Å². The van der Waals surface area contributed by atoms with Crippen molar-refractivity contribution in [2.24, 2.45) is 11.8 Å². The molecule has 1 unspecified atom stereocenters. The highest BCUT2D eigenvalue weighted by molar-refractivity contribution is 5.34. The molecule has 0 aromatic carbocycles. The molecule has 2 fully saturated rings. The molecule has 4 heteroatoms. The first-order chi connectivity index (χ1) is 7.86. The van der Waals surface area contributed by atoms with Crippen molar-refractivity contribution in [3.63, 3.8) is 0 Å². The Kier molecular flexibility index (Phi) is 3.17. The van der Waals surface area contributed by atoms with Crippen LogP contribution in [0.1, 0.15) is 20.3 Å². The van der Waals surface area contributed by atoms with Gasteiger partial charge in [-0.3, -0.25) is 0 Å². The maximum absolute atomic E-state index is 8.00. The van der Waals surface area contributed by atoms with Gasteiger partial charge in [0.05, 0.1) is 0 Å². The van der Waals surface area contributed by atoms with Crippen LogP contribution in [-0.4, -0.2) is 29.8 Å². The van der Waals surface area contributed by atoms with Crippen LogP contribution < -0.4 is 4.90 Å². The summed E-state index contributed by atoms with van der Waals surface area (Å²) >= 11 is 0. The molecule has 1 aliphatic carbocycles. The third kappa shape index (κ3) is 2.05. The molecule has 88 valence electrons. The highest BCUT2D eigenvalue weighted by atomic mass is 16.1. The second-order valence-corrected chi connectivity index (χ2v) is 4.41. The predicted molar refractivity (Wildman–Crippen MR) is 64.5 cm³/mol. The van der Waals surface area contributed by atoms with E-state index in [9.17, 15) is 0 Å². The first kappa shape index (κ1) is 11.0. The summed E-state index contributed by atoms with van der Waals surface area (Å²) in [5.74, 6) is 2.82. The Bertz CT molecular complexity index is 347. The fourth-order valence-corrected chi connectivity index (χ4v) is 2.26. The van der Waals surface area contributed by atoms with Crippen molar-refractivity contribution in [1.82, 2.24) is 9.97 Å². The number of rotatable bonds is 2. The Morgan fingerprint density at radius 1 is 1.38 bits per heavy atom. The Hall–Kier alpha value is -1.45. The molecule has 0 spiro atoms. The fraction of sp³-hybridized carbons (Fsp3) is 0.583. The van der Waals surface area contributed by atoms with Crippen molar-refractivity contribution >= 4 is 12.7 Å². The summed E-state index contributed by atoms with van der Waals surface area (Å²) in [6, 6.07) is 0. The number of hydrogen-bond donors (Lipinski definition) is 0. The van der Waals surface area contributed by atoms with Crippen LogP contribution in [0, 0.1) is 11.8 Å². The molecule has 1 aliphatic heterocycles. The number of aryl methyl sites for hydroxylation is 1. The van der Waals surface area contributed by atoms with Gasteiger partial charge >= 0.3 is 0 Å². The van der Waals surface area contributed by atoms with Gasteiger partial charge in [-0.15, -0.1) is 0 Å². The Morgan fingerprint density at radius 3 is 2.44 bits per heavy atom. The molecule has 2 heterocycles. The van der Waals surface area contributed by atoms with Crippen LogP contribution in [-0.2, 0) is 11.2 Å². The van der Waals surface area contributed by atoms with Crippen LogP contribution in [0.3, 0.4) is 0 Å². The lowest BCUT2D eigenvalue weighted by Gasteiger charge is -2.17. The Labute approximate surface area is 97.2 Å². The van der Waals surface area contributed by atoms with E-state index >= 15 is 0 Å². The summed E-state index contributed by atoms with van der Waals surface area (Å²) in [5, 5.41) is 0. The highest BCUT2D eigenvalue weighted by Crippen LogP contribution is 2.45. The monoisotopic (exact) mass is 221 g/mol. The number of carbonyl (C=O) groups is 1. The van der Waals surface area contributed by atoms with Crippen LogP contribution in [0.2, 0.25) is 0 Å². The molecule has 1 aromatic heterocycles. The van der Waals surface area contributed by atoms with Crippen molar-refractivity contribution in [2.75, 3.05) is 18.0 Å². The molecule has 4 nitrogen and oxygen atoms in total. The number of piperidine rings is 1. The van der Waals surface area contributed by atoms with Gasteiger partial charge in [0.2, 0.25) is 5.95 Å². The third-order valence-corrected chi connectivity index (χ3v) is 3.36. The van der Waals surface area contributed by atoms with E-state index in [1.54, 1.807) is 0 Å². The zero-order chi connectivity index (χ0) is 11.5. The Balaban J connectivity index is 0.000000459.